The van der Waals surface area contributed by atoms with E-state index in [4.69, 9.17) is 16.3 Å². The number of ether oxygens (including phenoxy) is 1. The number of carbonyl (C=O) groups is 3. The Balaban J connectivity index is 1.96. The van der Waals surface area contributed by atoms with E-state index < -0.39 is 35.8 Å². The van der Waals surface area contributed by atoms with Gasteiger partial charge in [0.25, 0.3) is 5.91 Å². The van der Waals surface area contributed by atoms with Gasteiger partial charge >= 0.3 is 12.0 Å². The van der Waals surface area contributed by atoms with Gasteiger partial charge in [-0.2, -0.15) is 0 Å². The van der Waals surface area contributed by atoms with Crippen LogP contribution in [0.2, 0.25) is 5.02 Å². The van der Waals surface area contributed by atoms with Crippen LogP contribution in [0.15, 0.2) is 18.2 Å². The number of halogens is 2. The number of esters is 1. The second kappa shape index (κ2) is 7.82. The van der Waals surface area contributed by atoms with Crippen LogP contribution in [0.3, 0.4) is 0 Å². The Morgan fingerprint density at radius 2 is 2.12 bits per heavy atom. The van der Waals surface area contributed by atoms with Gasteiger partial charge in [-0.3, -0.25) is 14.5 Å². The summed E-state index contributed by atoms with van der Waals surface area (Å²) in [5.41, 5.74) is -0.968. The number of rotatable bonds is 7. The molecule has 0 radical (unpaired) electrons. The molecule has 25 heavy (non-hydrogen) atoms. The van der Waals surface area contributed by atoms with E-state index in [1.165, 1.54) is 18.2 Å². The summed E-state index contributed by atoms with van der Waals surface area (Å²) in [6.45, 7) is 2.71. The van der Waals surface area contributed by atoms with Gasteiger partial charge in [0, 0.05) is 5.56 Å². The van der Waals surface area contributed by atoms with Crippen molar-refractivity contribution in [1.82, 2.24) is 10.2 Å². The number of unbranched alkanes of at least 4 members (excludes halogenated alkanes) is 1. The van der Waals surface area contributed by atoms with Crippen LogP contribution in [0, 0.1) is 5.82 Å². The fourth-order valence-corrected chi connectivity index (χ4v) is 2.81. The molecule has 0 aromatic heterocycles. The maximum Gasteiger partial charge on any atom is 0.326 e. The van der Waals surface area contributed by atoms with Crippen LogP contribution < -0.4 is 5.32 Å². The number of urea groups is 1. The maximum absolute atomic E-state index is 13.6. The lowest BCUT2D eigenvalue weighted by Gasteiger charge is -2.21. The molecule has 1 aromatic carbocycles. The summed E-state index contributed by atoms with van der Waals surface area (Å²) in [4.78, 5) is 37.2. The number of amides is 3. The molecule has 1 N–H and O–H groups in total. The lowest BCUT2D eigenvalue weighted by molar-refractivity contribution is -0.148. The van der Waals surface area contributed by atoms with Crippen LogP contribution in [-0.2, 0) is 20.9 Å². The molecule has 1 saturated heterocycles. The Morgan fingerprint density at radius 1 is 1.40 bits per heavy atom. The second-order valence-electron chi connectivity index (χ2n) is 6.12. The molecular formula is C17H20ClFN2O4. The van der Waals surface area contributed by atoms with Gasteiger partial charge in [0.1, 0.15) is 24.5 Å². The highest BCUT2D eigenvalue weighted by Crippen LogP contribution is 2.24. The van der Waals surface area contributed by atoms with E-state index in [-0.39, 0.29) is 17.2 Å². The van der Waals surface area contributed by atoms with E-state index in [9.17, 15) is 18.8 Å². The van der Waals surface area contributed by atoms with E-state index in [0.29, 0.717) is 6.42 Å². The molecule has 2 rings (SSSR count). The van der Waals surface area contributed by atoms with Gasteiger partial charge in [-0.05, 0) is 25.5 Å². The summed E-state index contributed by atoms with van der Waals surface area (Å²) in [7, 11) is 0. The SMILES string of the molecule is CCCC[C@@]1(C)NC(=O)N(CC(=O)OCc2c(F)cccc2Cl)C1=O. The molecule has 1 aliphatic heterocycles. The molecule has 0 unspecified atom stereocenters. The summed E-state index contributed by atoms with van der Waals surface area (Å²) in [6.07, 6.45) is 2.14. The minimum Gasteiger partial charge on any atom is -0.459 e. The molecular weight excluding hydrogens is 351 g/mol. The van der Waals surface area contributed by atoms with Gasteiger partial charge in [-0.25, -0.2) is 9.18 Å². The third-order valence-electron chi connectivity index (χ3n) is 4.10. The maximum atomic E-state index is 13.6. The molecule has 0 spiro atoms. The Bertz CT molecular complexity index is 677. The summed E-state index contributed by atoms with van der Waals surface area (Å²) in [5, 5.41) is 2.75. The van der Waals surface area contributed by atoms with E-state index in [2.05, 4.69) is 5.32 Å². The number of carbonyl (C=O) groups excluding carboxylic acids is 3. The van der Waals surface area contributed by atoms with Crippen LogP contribution in [0.5, 0.6) is 0 Å². The molecule has 0 aliphatic carbocycles. The van der Waals surface area contributed by atoms with Crippen LogP contribution in [0.1, 0.15) is 38.7 Å². The molecule has 1 fully saturated rings. The van der Waals surface area contributed by atoms with E-state index in [0.717, 1.165) is 17.7 Å². The summed E-state index contributed by atoms with van der Waals surface area (Å²) >= 11 is 5.86. The lowest BCUT2D eigenvalue weighted by atomic mass is 9.95. The topological polar surface area (TPSA) is 75.7 Å². The first-order valence-corrected chi connectivity index (χ1v) is 8.39. The van der Waals surface area contributed by atoms with Crippen LogP contribution >= 0.6 is 11.6 Å². The highest BCUT2D eigenvalue weighted by molar-refractivity contribution is 6.31. The van der Waals surface area contributed by atoms with E-state index in [1.54, 1.807) is 6.92 Å². The summed E-state index contributed by atoms with van der Waals surface area (Å²) in [6, 6.07) is 3.48. The van der Waals surface area contributed by atoms with Crippen molar-refractivity contribution >= 4 is 29.5 Å². The first kappa shape index (κ1) is 19.2. The number of benzene rings is 1. The number of imide groups is 1. The standard InChI is InChI=1S/C17H20ClFN2O4/c1-3-4-8-17(2)15(23)21(16(24)20-17)9-14(22)25-10-11-12(18)6-5-7-13(11)19/h5-7H,3-4,8-10H2,1-2H3,(H,20,24)/t17-/m1/s1. The zero-order chi connectivity index (χ0) is 18.6. The third-order valence-corrected chi connectivity index (χ3v) is 4.46. The van der Waals surface area contributed by atoms with Crippen molar-refractivity contribution in [2.45, 2.75) is 45.3 Å². The normalized spacial score (nSPS) is 19.9. The van der Waals surface area contributed by atoms with E-state index in [1.807, 2.05) is 6.92 Å². The highest BCUT2D eigenvalue weighted by atomic mass is 35.5. The first-order chi connectivity index (χ1) is 11.8. The predicted octanol–water partition coefficient (Wildman–Crippen LogP) is 3.02. The molecule has 1 atom stereocenters. The third kappa shape index (κ3) is 4.28. The van der Waals surface area contributed by atoms with Gasteiger partial charge in [0.15, 0.2) is 0 Å². The van der Waals surface area contributed by atoms with Gasteiger partial charge in [0.05, 0.1) is 5.02 Å². The summed E-state index contributed by atoms with van der Waals surface area (Å²) in [5.74, 6) is -1.88. The molecule has 3 amide bonds. The molecule has 1 heterocycles. The minimum absolute atomic E-state index is 0.0440. The van der Waals surface area contributed by atoms with Crippen molar-refractivity contribution in [2.24, 2.45) is 0 Å². The quantitative estimate of drug-likeness (QED) is 0.591. The molecule has 0 saturated carbocycles. The Hall–Kier alpha value is -2.15. The minimum atomic E-state index is -1.01. The van der Waals surface area contributed by atoms with Crippen molar-refractivity contribution < 1.29 is 23.5 Å². The fraction of sp³-hybridized carbons (Fsp3) is 0.471. The van der Waals surface area contributed by atoms with Crippen molar-refractivity contribution in [1.29, 1.82) is 0 Å². The van der Waals surface area contributed by atoms with Gasteiger partial charge < -0.3 is 10.1 Å². The number of hydrogen-bond donors (Lipinski definition) is 1. The largest absolute Gasteiger partial charge is 0.459 e. The summed E-state index contributed by atoms with van der Waals surface area (Å²) < 4.78 is 18.6. The van der Waals surface area contributed by atoms with Crippen LogP contribution in [0.25, 0.3) is 0 Å². The van der Waals surface area contributed by atoms with Crippen LogP contribution in [-0.4, -0.2) is 34.9 Å². The Labute approximate surface area is 150 Å². The average Bonchev–Trinajstić information content (AvgIpc) is 2.76. The molecule has 1 aliphatic rings. The number of nitrogens with zero attached hydrogens (tertiary/aromatic N) is 1. The smallest absolute Gasteiger partial charge is 0.326 e. The monoisotopic (exact) mass is 370 g/mol. The Morgan fingerprint density at radius 3 is 2.76 bits per heavy atom. The zero-order valence-corrected chi connectivity index (χ0v) is 14.9. The van der Waals surface area contributed by atoms with E-state index >= 15 is 0 Å². The predicted molar refractivity (Wildman–Crippen MR) is 89.4 cm³/mol. The van der Waals surface area contributed by atoms with Crippen molar-refractivity contribution in [3.63, 3.8) is 0 Å². The van der Waals surface area contributed by atoms with Crippen molar-refractivity contribution in [3.05, 3.63) is 34.6 Å². The van der Waals surface area contributed by atoms with Gasteiger partial charge in [-0.15, -0.1) is 0 Å². The fourth-order valence-electron chi connectivity index (χ4n) is 2.59. The lowest BCUT2D eigenvalue weighted by Crippen LogP contribution is -2.44. The van der Waals surface area contributed by atoms with Crippen molar-refractivity contribution in [3.8, 4) is 0 Å². The van der Waals surface area contributed by atoms with Crippen LogP contribution in [0.4, 0.5) is 9.18 Å². The molecule has 1 aromatic rings. The zero-order valence-electron chi connectivity index (χ0n) is 14.1. The number of nitrogens with one attached hydrogen (secondary N) is 1. The van der Waals surface area contributed by atoms with Gasteiger partial charge in [0.2, 0.25) is 0 Å². The Kier molecular flexibility index (Phi) is 6.00. The average molecular weight is 371 g/mol. The molecule has 8 heteroatoms. The number of hydrogen-bond acceptors (Lipinski definition) is 4. The van der Waals surface area contributed by atoms with Crippen molar-refractivity contribution in [2.75, 3.05) is 6.54 Å². The molecule has 136 valence electrons. The van der Waals surface area contributed by atoms with Gasteiger partial charge in [-0.1, -0.05) is 37.4 Å². The molecule has 0 bridgehead atoms. The second-order valence-corrected chi connectivity index (χ2v) is 6.53. The first-order valence-electron chi connectivity index (χ1n) is 8.01. The molecule has 6 nitrogen and oxygen atoms in total. The highest BCUT2D eigenvalue weighted by Gasteiger charge is 2.47.